The molecule has 3 aromatic rings. The Hall–Kier alpha value is -2.51. The van der Waals surface area contributed by atoms with E-state index in [0.717, 1.165) is 28.1 Å². The Morgan fingerprint density at radius 3 is 2.89 bits per heavy atom. The van der Waals surface area contributed by atoms with Crippen molar-refractivity contribution in [2.45, 2.75) is 12.2 Å². The topological polar surface area (TPSA) is 69.0 Å². The van der Waals surface area contributed by atoms with Crippen molar-refractivity contribution in [3.05, 3.63) is 58.2 Å². The predicted octanol–water partition coefficient (Wildman–Crippen LogP) is 4.23. The lowest BCUT2D eigenvalue weighted by atomic mass is 9.98. The molecule has 0 radical (unpaired) electrons. The monoisotopic (exact) mass is 414 g/mol. The lowest BCUT2D eigenvalue weighted by Gasteiger charge is -2.19. The molecule has 3 heterocycles. The van der Waals surface area contributed by atoms with Crippen LogP contribution in [0.15, 0.2) is 36.5 Å². The minimum absolute atomic E-state index is 0.0529. The highest BCUT2D eigenvalue weighted by molar-refractivity contribution is 8.00. The minimum atomic E-state index is -0.120. The Kier molecular flexibility index (Phi) is 5.03. The second-order valence-corrected chi connectivity index (χ2v) is 8.03. The second kappa shape index (κ2) is 7.48. The number of ether oxygens (including phenoxy) is 1. The number of pyridine rings is 1. The van der Waals surface area contributed by atoms with Crippen LogP contribution in [0.4, 0.5) is 5.82 Å². The van der Waals surface area contributed by atoms with Gasteiger partial charge in [0, 0.05) is 18.8 Å². The number of hydrogen-bond donors (Lipinski definition) is 1. The van der Waals surface area contributed by atoms with Crippen molar-refractivity contribution in [1.29, 1.82) is 0 Å². The highest BCUT2D eigenvalue weighted by atomic mass is 35.5. The largest absolute Gasteiger partial charge is 0.495 e. The number of aromatic nitrogens is 3. The number of methoxy groups -OCH3 is 1. The molecule has 0 saturated heterocycles. The molecule has 1 unspecified atom stereocenters. The fourth-order valence-electron chi connectivity index (χ4n) is 3.39. The van der Waals surface area contributed by atoms with Crippen molar-refractivity contribution in [1.82, 2.24) is 14.8 Å². The summed E-state index contributed by atoms with van der Waals surface area (Å²) in [6.45, 7) is 2.01. The number of nitrogens with zero attached hydrogens (tertiary/aromatic N) is 3. The molecular formula is C20H19ClN4O2S. The molecule has 0 spiro atoms. The molecule has 1 amide bonds. The van der Waals surface area contributed by atoms with E-state index in [-0.39, 0.29) is 11.2 Å². The third kappa shape index (κ3) is 3.25. The molecule has 144 valence electrons. The smallest absolute Gasteiger partial charge is 0.235 e. The summed E-state index contributed by atoms with van der Waals surface area (Å²) in [5, 5.41) is 8.11. The molecule has 0 fully saturated rings. The summed E-state index contributed by atoms with van der Waals surface area (Å²) in [6.07, 6.45) is 1.74. The van der Waals surface area contributed by atoms with Crippen molar-refractivity contribution >= 4 is 35.1 Å². The SMILES string of the molecule is COc1cc(C2SCC(=O)Nc3c2c(-c2ccccn2)nn3C)c(C)cc1Cl. The Morgan fingerprint density at radius 1 is 1.36 bits per heavy atom. The molecule has 28 heavy (non-hydrogen) atoms. The molecule has 4 rings (SSSR count). The predicted molar refractivity (Wildman–Crippen MR) is 112 cm³/mol. The summed E-state index contributed by atoms with van der Waals surface area (Å²) in [4.78, 5) is 16.8. The van der Waals surface area contributed by atoms with Crippen LogP contribution in [0, 0.1) is 6.92 Å². The Balaban J connectivity index is 1.96. The number of halogens is 1. The third-order valence-corrected chi connectivity index (χ3v) is 6.26. The maximum absolute atomic E-state index is 12.3. The summed E-state index contributed by atoms with van der Waals surface area (Å²) in [5.74, 6) is 1.58. The third-order valence-electron chi connectivity index (χ3n) is 4.72. The highest BCUT2D eigenvalue weighted by Gasteiger charge is 2.32. The summed E-state index contributed by atoms with van der Waals surface area (Å²) in [7, 11) is 3.42. The lowest BCUT2D eigenvalue weighted by molar-refractivity contribution is -0.113. The van der Waals surface area contributed by atoms with E-state index in [1.165, 1.54) is 0 Å². The summed E-state index contributed by atoms with van der Waals surface area (Å²) in [5.41, 5.74) is 4.52. The zero-order valence-corrected chi connectivity index (χ0v) is 17.3. The van der Waals surface area contributed by atoms with E-state index in [9.17, 15) is 4.79 Å². The maximum atomic E-state index is 12.3. The number of amides is 1. The first-order valence-corrected chi connectivity index (χ1v) is 10.2. The van der Waals surface area contributed by atoms with Gasteiger partial charge in [-0.2, -0.15) is 5.10 Å². The van der Waals surface area contributed by atoms with Gasteiger partial charge in [0.1, 0.15) is 17.3 Å². The van der Waals surface area contributed by atoms with Crippen molar-refractivity contribution in [3.63, 3.8) is 0 Å². The van der Waals surface area contributed by atoms with E-state index in [0.29, 0.717) is 22.3 Å². The number of nitrogens with one attached hydrogen (secondary N) is 1. The van der Waals surface area contributed by atoms with Gasteiger partial charge in [0.25, 0.3) is 0 Å². The van der Waals surface area contributed by atoms with Crippen molar-refractivity contribution < 1.29 is 9.53 Å². The Morgan fingerprint density at radius 2 is 2.18 bits per heavy atom. The van der Waals surface area contributed by atoms with E-state index >= 15 is 0 Å². The van der Waals surface area contributed by atoms with Gasteiger partial charge in [0.15, 0.2) is 0 Å². The van der Waals surface area contributed by atoms with Crippen LogP contribution in [0.1, 0.15) is 21.9 Å². The van der Waals surface area contributed by atoms with Crippen LogP contribution in [0.25, 0.3) is 11.4 Å². The van der Waals surface area contributed by atoms with Crippen molar-refractivity contribution in [2.24, 2.45) is 7.05 Å². The van der Waals surface area contributed by atoms with Gasteiger partial charge in [0.2, 0.25) is 5.91 Å². The number of carbonyl (C=O) groups excluding carboxylic acids is 1. The first-order valence-electron chi connectivity index (χ1n) is 8.73. The summed E-state index contributed by atoms with van der Waals surface area (Å²) < 4.78 is 7.14. The molecular weight excluding hydrogens is 396 g/mol. The second-order valence-electron chi connectivity index (χ2n) is 6.53. The Labute approximate surface area is 172 Å². The molecule has 8 heteroatoms. The van der Waals surface area contributed by atoms with Crippen molar-refractivity contribution in [2.75, 3.05) is 18.2 Å². The van der Waals surface area contributed by atoms with Gasteiger partial charge in [-0.05, 0) is 42.3 Å². The molecule has 1 aliphatic heterocycles. The first kappa shape index (κ1) is 18.8. The number of anilines is 1. The van der Waals surface area contributed by atoms with Gasteiger partial charge in [-0.1, -0.05) is 17.7 Å². The Bertz CT molecular complexity index is 1050. The zero-order chi connectivity index (χ0) is 19.8. The van der Waals surface area contributed by atoms with Crippen LogP contribution >= 0.6 is 23.4 Å². The highest BCUT2D eigenvalue weighted by Crippen LogP contribution is 2.47. The van der Waals surface area contributed by atoms with Crippen LogP contribution in [-0.2, 0) is 11.8 Å². The number of carbonyl (C=O) groups is 1. The number of hydrogen-bond acceptors (Lipinski definition) is 5. The molecule has 1 atom stereocenters. The van der Waals surface area contributed by atoms with Gasteiger partial charge in [-0.15, -0.1) is 11.8 Å². The van der Waals surface area contributed by atoms with Crippen LogP contribution in [-0.4, -0.2) is 33.5 Å². The lowest BCUT2D eigenvalue weighted by Crippen LogP contribution is -2.15. The van der Waals surface area contributed by atoms with Gasteiger partial charge < -0.3 is 10.1 Å². The number of benzene rings is 1. The molecule has 0 bridgehead atoms. The van der Waals surface area contributed by atoms with E-state index < -0.39 is 0 Å². The average Bonchev–Trinajstić information content (AvgIpc) is 2.89. The molecule has 1 aromatic carbocycles. The summed E-state index contributed by atoms with van der Waals surface area (Å²) >= 11 is 7.86. The number of aryl methyl sites for hydroxylation is 2. The molecule has 1 aliphatic rings. The van der Waals surface area contributed by atoms with Gasteiger partial charge in [-0.25, -0.2) is 0 Å². The van der Waals surface area contributed by atoms with Crippen LogP contribution < -0.4 is 10.1 Å². The molecule has 0 aliphatic carbocycles. The van der Waals surface area contributed by atoms with Crippen LogP contribution in [0.5, 0.6) is 5.75 Å². The quantitative estimate of drug-likeness (QED) is 0.694. The molecule has 2 aromatic heterocycles. The van der Waals surface area contributed by atoms with Crippen molar-refractivity contribution in [3.8, 4) is 17.1 Å². The summed E-state index contributed by atoms with van der Waals surface area (Å²) in [6, 6.07) is 9.56. The zero-order valence-electron chi connectivity index (χ0n) is 15.7. The van der Waals surface area contributed by atoms with E-state index in [1.54, 1.807) is 29.8 Å². The maximum Gasteiger partial charge on any atom is 0.235 e. The van der Waals surface area contributed by atoms with Crippen LogP contribution in [0.3, 0.4) is 0 Å². The first-order chi connectivity index (χ1) is 13.5. The molecule has 6 nitrogen and oxygen atoms in total. The number of fused-ring (bicyclic) bond motifs is 1. The van der Waals surface area contributed by atoms with E-state index in [4.69, 9.17) is 16.3 Å². The van der Waals surface area contributed by atoms with Gasteiger partial charge in [0.05, 0.1) is 28.8 Å². The van der Waals surface area contributed by atoms with Gasteiger partial charge in [-0.3, -0.25) is 14.5 Å². The number of rotatable bonds is 3. The average molecular weight is 415 g/mol. The van der Waals surface area contributed by atoms with Gasteiger partial charge >= 0.3 is 0 Å². The number of thioether (sulfide) groups is 1. The normalized spacial score (nSPS) is 16.3. The minimum Gasteiger partial charge on any atom is -0.495 e. The fourth-order valence-corrected chi connectivity index (χ4v) is 4.90. The van der Waals surface area contributed by atoms with E-state index in [1.807, 2.05) is 44.3 Å². The van der Waals surface area contributed by atoms with Crippen LogP contribution in [0.2, 0.25) is 5.02 Å². The molecule has 1 N–H and O–H groups in total. The fraction of sp³-hybridized carbons (Fsp3) is 0.250. The standard InChI is InChI=1S/C20H19ClN4O2S/c1-11-8-13(21)15(27-3)9-12(11)19-17-18(14-6-4-5-7-22-14)24-25(2)20(17)23-16(26)10-28-19/h4-9,19H,10H2,1-3H3,(H,23,26). The van der Waals surface area contributed by atoms with E-state index in [2.05, 4.69) is 15.4 Å². The molecule has 0 saturated carbocycles.